The molecule has 1 atom stereocenters. The van der Waals surface area contributed by atoms with Crippen molar-refractivity contribution in [3.8, 4) is 0 Å². The van der Waals surface area contributed by atoms with Gasteiger partial charge in [0.2, 0.25) is 5.91 Å². The fourth-order valence-electron chi connectivity index (χ4n) is 4.09. The number of carbonyl (C=O) groups is 1. The predicted octanol–water partition coefficient (Wildman–Crippen LogP) is 1.06. The third-order valence-corrected chi connectivity index (χ3v) is 5.34. The molecular formula is C18H31N5O. The minimum absolute atomic E-state index is 0.134. The minimum Gasteiger partial charge on any atom is -0.354 e. The first-order chi connectivity index (χ1) is 11.6. The number of likely N-dealkylation sites (tertiary alicyclic amines) is 1. The number of hydrogen-bond acceptors (Lipinski definition) is 4. The van der Waals surface area contributed by atoms with E-state index in [1.165, 1.54) is 6.42 Å². The summed E-state index contributed by atoms with van der Waals surface area (Å²) >= 11 is 0. The Labute approximate surface area is 145 Å². The first-order valence-corrected chi connectivity index (χ1v) is 9.31. The first kappa shape index (κ1) is 17.4. The van der Waals surface area contributed by atoms with E-state index in [0.29, 0.717) is 11.8 Å². The molecule has 6 heteroatoms. The smallest absolute Gasteiger partial charge is 0.248 e. The molecule has 2 N–H and O–H groups in total. The number of hydrogen-bond donors (Lipinski definition) is 2. The van der Waals surface area contributed by atoms with Gasteiger partial charge in [-0.2, -0.15) is 5.10 Å². The summed E-state index contributed by atoms with van der Waals surface area (Å²) in [6.07, 6.45) is 6.46. The van der Waals surface area contributed by atoms with E-state index in [1.807, 2.05) is 16.9 Å². The van der Waals surface area contributed by atoms with Crippen molar-refractivity contribution in [3.63, 3.8) is 0 Å². The number of nitrogens with one attached hydrogen (secondary N) is 2. The number of amides is 1. The molecule has 0 bridgehead atoms. The molecule has 0 saturated carbocycles. The van der Waals surface area contributed by atoms with Crippen molar-refractivity contribution < 1.29 is 4.79 Å². The quantitative estimate of drug-likeness (QED) is 0.817. The van der Waals surface area contributed by atoms with Crippen molar-refractivity contribution in [1.29, 1.82) is 0 Å². The molecular weight excluding hydrogens is 302 g/mol. The Morgan fingerprint density at radius 2 is 2.21 bits per heavy atom. The third kappa shape index (κ3) is 3.81. The molecule has 0 radical (unpaired) electrons. The number of rotatable bonds is 6. The molecule has 0 aromatic carbocycles. The van der Waals surface area contributed by atoms with Crippen LogP contribution in [0.1, 0.15) is 33.1 Å². The van der Waals surface area contributed by atoms with Crippen molar-refractivity contribution in [2.24, 2.45) is 11.8 Å². The fraction of sp³-hybridized carbons (Fsp3) is 0.778. The highest BCUT2D eigenvalue weighted by atomic mass is 16.2. The molecule has 1 unspecified atom stereocenters. The lowest BCUT2D eigenvalue weighted by atomic mass is 9.87. The fourth-order valence-corrected chi connectivity index (χ4v) is 4.09. The van der Waals surface area contributed by atoms with Gasteiger partial charge < -0.3 is 15.5 Å². The standard InChI is InChI=1S/C18H31N5O/c1-15(2)13-22-11-4-16(14-22)12-20-17(24)18(5-8-19-9-6-18)23-10-3-7-21-23/h3,7,10,15-16,19H,4-6,8-9,11-14H2,1-2H3,(H,20,24). The Bertz CT molecular complexity index is 522. The van der Waals surface area contributed by atoms with E-state index >= 15 is 0 Å². The van der Waals surface area contributed by atoms with Crippen LogP contribution >= 0.6 is 0 Å². The second-order valence-electron chi connectivity index (χ2n) is 7.75. The second kappa shape index (κ2) is 7.66. The highest BCUT2D eigenvalue weighted by molar-refractivity contribution is 5.84. The van der Waals surface area contributed by atoms with Gasteiger partial charge in [-0.1, -0.05) is 13.8 Å². The molecule has 0 spiro atoms. The van der Waals surface area contributed by atoms with Crippen LogP contribution in [0.15, 0.2) is 18.5 Å². The van der Waals surface area contributed by atoms with E-state index in [0.717, 1.165) is 52.1 Å². The van der Waals surface area contributed by atoms with Crippen LogP contribution in [0, 0.1) is 11.8 Å². The Balaban J connectivity index is 1.57. The SMILES string of the molecule is CC(C)CN1CCC(CNC(=O)C2(n3cccn3)CCNCC2)C1. The van der Waals surface area contributed by atoms with Gasteiger partial charge in [0.15, 0.2) is 0 Å². The number of piperidine rings is 1. The van der Waals surface area contributed by atoms with Gasteiger partial charge >= 0.3 is 0 Å². The van der Waals surface area contributed by atoms with Crippen LogP contribution in [0.4, 0.5) is 0 Å². The van der Waals surface area contributed by atoms with E-state index in [4.69, 9.17) is 0 Å². The average Bonchev–Trinajstić information content (AvgIpc) is 3.24. The van der Waals surface area contributed by atoms with Gasteiger partial charge in [0, 0.05) is 32.0 Å². The molecule has 3 heterocycles. The van der Waals surface area contributed by atoms with Crippen LogP contribution in [-0.4, -0.2) is 59.9 Å². The van der Waals surface area contributed by atoms with Gasteiger partial charge in [-0.05, 0) is 56.8 Å². The topological polar surface area (TPSA) is 62.2 Å². The number of carbonyl (C=O) groups excluding carboxylic acids is 1. The highest BCUT2D eigenvalue weighted by Crippen LogP contribution is 2.27. The summed E-state index contributed by atoms with van der Waals surface area (Å²) in [5.74, 6) is 1.41. The molecule has 6 nitrogen and oxygen atoms in total. The maximum atomic E-state index is 13.0. The molecule has 2 fully saturated rings. The van der Waals surface area contributed by atoms with E-state index in [-0.39, 0.29) is 5.91 Å². The molecule has 0 aliphatic carbocycles. The van der Waals surface area contributed by atoms with Crippen LogP contribution in [0.3, 0.4) is 0 Å². The molecule has 134 valence electrons. The lowest BCUT2D eigenvalue weighted by Crippen LogP contribution is -2.55. The highest BCUT2D eigenvalue weighted by Gasteiger charge is 2.42. The van der Waals surface area contributed by atoms with Crippen molar-refractivity contribution >= 4 is 5.91 Å². The molecule has 2 saturated heterocycles. The third-order valence-electron chi connectivity index (χ3n) is 5.34. The van der Waals surface area contributed by atoms with Gasteiger partial charge in [-0.3, -0.25) is 9.48 Å². The van der Waals surface area contributed by atoms with E-state index < -0.39 is 5.54 Å². The molecule has 1 aromatic heterocycles. The zero-order valence-corrected chi connectivity index (χ0v) is 15.0. The summed E-state index contributed by atoms with van der Waals surface area (Å²) in [5.41, 5.74) is -0.523. The maximum absolute atomic E-state index is 13.0. The Hall–Kier alpha value is -1.40. The number of nitrogens with zero attached hydrogens (tertiary/aromatic N) is 3. The average molecular weight is 333 g/mol. The van der Waals surface area contributed by atoms with Gasteiger partial charge in [-0.15, -0.1) is 0 Å². The van der Waals surface area contributed by atoms with Gasteiger partial charge in [0.1, 0.15) is 5.54 Å². The Morgan fingerprint density at radius 1 is 1.42 bits per heavy atom. The monoisotopic (exact) mass is 333 g/mol. The van der Waals surface area contributed by atoms with Crippen LogP contribution in [0.5, 0.6) is 0 Å². The summed E-state index contributed by atoms with van der Waals surface area (Å²) in [6.45, 7) is 10.5. The van der Waals surface area contributed by atoms with E-state index in [1.54, 1.807) is 6.20 Å². The Kier molecular flexibility index (Phi) is 5.56. The summed E-state index contributed by atoms with van der Waals surface area (Å²) in [7, 11) is 0. The van der Waals surface area contributed by atoms with Gasteiger partial charge in [-0.25, -0.2) is 0 Å². The largest absolute Gasteiger partial charge is 0.354 e. The predicted molar refractivity (Wildman–Crippen MR) is 94.7 cm³/mol. The normalized spacial score (nSPS) is 24.4. The summed E-state index contributed by atoms with van der Waals surface area (Å²) in [5, 5.41) is 11.0. The number of aromatic nitrogens is 2. The Morgan fingerprint density at radius 3 is 2.88 bits per heavy atom. The zero-order valence-electron chi connectivity index (χ0n) is 15.0. The molecule has 24 heavy (non-hydrogen) atoms. The van der Waals surface area contributed by atoms with Crippen molar-refractivity contribution in [2.75, 3.05) is 39.3 Å². The van der Waals surface area contributed by atoms with Crippen LogP contribution in [0.25, 0.3) is 0 Å². The van der Waals surface area contributed by atoms with Gasteiger partial charge in [0.25, 0.3) is 0 Å². The van der Waals surface area contributed by atoms with Crippen molar-refractivity contribution in [2.45, 2.75) is 38.6 Å². The molecule has 2 aliphatic heterocycles. The molecule has 1 aromatic rings. The summed E-state index contributed by atoms with van der Waals surface area (Å²) < 4.78 is 1.86. The van der Waals surface area contributed by atoms with Crippen molar-refractivity contribution in [1.82, 2.24) is 25.3 Å². The van der Waals surface area contributed by atoms with E-state index in [9.17, 15) is 4.79 Å². The van der Waals surface area contributed by atoms with Gasteiger partial charge in [0.05, 0.1) is 0 Å². The molecule has 3 rings (SSSR count). The first-order valence-electron chi connectivity index (χ1n) is 9.31. The van der Waals surface area contributed by atoms with E-state index in [2.05, 4.69) is 34.5 Å². The molecule has 1 amide bonds. The van der Waals surface area contributed by atoms with Crippen LogP contribution in [-0.2, 0) is 10.3 Å². The van der Waals surface area contributed by atoms with Crippen LogP contribution < -0.4 is 10.6 Å². The van der Waals surface area contributed by atoms with Crippen LogP contribution in [0.2, 0.25) is 0 Å². The lowest BCUT2D eigenvalue weighted by molar-refractivity contribution is -0.132. The maximum Gasteiger partial charge on any atom is 0.248 e. The molecule has 2 aliphatic rings. The minimum atomic E-state index is -0.523. The lowest BCUT2D eigenvalue weighted by Gasteiger charge is -2.36. The zero-order chi connectivity index (χ0) is 17.0. The summed E-state index contributed by atoms with van der Waals surface area (Å²) in [4.78, 5) is 15.5. The second-order valence-corrected chi connectivity index (χ2v) is 7.75. The van der Waals surface area contributed by atoms with Crippen molar-refractivity contribution in [3.05, 3.63) is 18.5 Å². The summed E-state index contributed by atoms with van der Waals surface area (Å²) in [6, 6.07) is 1.90.